The summed E-state index contributed by atoms with van der Waals surface area (Å²) in [7, 11) is 0. The zero-order valence-electron chi connectivity index (χ0n) is 13.7. The van der Waals surface area contributed by atoms with Gasteiger partial charge >= 0.3 is 5.97 Å². The van der Waals surface area contributed by atoms with Gasteiger partial charge in [0.15, 0.2) is 5.69 Å². The number of nitrogens with zero attached hydrogens (tertiary/aromatic N) is 2. The molecule has 1 aromatic heterocycles. The van der Waals surface area contributed by atoms with Crippen LogP contribution in [0.2, 0.25) is 0 Å². The van der Waals surface area contributed by atoms with E-state index < -0.39 is 11.8 Å². The largest absolute Gasteiger partial charge is 0.476 e. The number of carboxylic acid groups (broad SMARTS) is 1. The lowest BCUT2D eigenvalue weighted by atomic mass is 10.1. The zero-order chi connectivity index (χ0) is 17.7. The number of aromatic nitrogens is 2. The maximum atomic E-state index is 13.1. The molecule has 0 unspecified atom stereocenters. The summed E-state index contributed by atoms with van der Waals surface area (Å²) in [5, 5.41) is 16.4. The number of amides is 1. The van der Waals surface area contributed by atoms with Gasteiger partial charge in [0, 0.05) is 18.5 Å². The van der Waals surface area contributed by atoms with Gasteiger partial charge in [-0.1, -0.05) is 13.3 Å². The fraction of sp³-hybridized carbons (Fsp3) is 0.353. The number of unbranched alkanes of at least 4 members (excludes halogenated alkanes) is 1. The Balaban J connectivity index is 2.50. The molecule has 0 radical (unpaired) electrons. The molecular formula is C17H20FN3O3. The number of carbonyl (C=O) groups is 2. The van der Waals surface area contributed by atoms with E-state index in [1.807, 2.05) is 6.92 Å². The molecule has 1 amide bonds. The summed E-state index contributed by atoms with van der Waals surface area (Å²) in [6.07, 6.45) is 1.87. The van der Waals surface area contributed by atoms with Crippen molar-refractivity contribution in [2.45, 2.75) is 39.7 Å². The van der Waals surface area contributed by atoms with Gasteiger partial charge in [-0.05, 0) is 37.6 Å². The van der Waals surface area contributed by atoms with Crippen molar-refractivity contribution < 1.29 is 19.1 Å². The number of hydrogen-bond acceptors (Lipinski definition) is 3. The summed E-state index contributed by atoms with van der Waals surface area (Å²) in [4.78, 5) is 23.7. The smallest absolute Gasteiger partial charge is 0.356 e. The van der Waals surface area contributed by atoms with Crippen molar-refractivity contribution in [3.63, 3.8) is 0 Å². The van der Waals surface area contributed by atoms with E-state index in [9.17, 15) is 19.1 Å². The quantitative estimate of drug-likeness (QED) is 0.812. The highest BCUT2D eigenvalue weighted by atomic mass is 19.1. The number of aryl methyl sites for hydroxylation is 1. The molecule has 0 saturated heterocycles. The van der Waals surface area contributed by atoms with Crippen molar-refractivity contribution in [3.8, 4) is 11.3 Å². The molecule has 6 nitrogen and oxygen atoms in total. The lowest BCUT2D eigenvalue weighted by molar-refractivity contribution is -0.116. The molecule has 2 rings (SSSR count). The number of halogens is 1. The van der Waals surface area contributed by atoms with Crippen LogP contribution in [0.25, 0.3) is 11.3 Å². The molecule has 0 fully saturated rings. The fourth-order valence-corrected chi connectivity index (χ4v) is 2.38. The first-order valence-corrected chi connectivity index (χ1v) is 7.87. The second kappa shape index (κ2) is 7.72. The molecule has 0 saturated carbocycles. The summed E-state index contributed by atoms with van der Waals surface area (Å²) < 4.78 is 14.5. The Hall–Kier alpha value is -2.70. The first kappa shape index (κ1) is 17.7. The molecule has 2 aromatic rings. The van der Waals surface area contributed by atoms with Crippen LogP contribution in [0.15, 0.2) is 24.3 Å². The number of anilines is 1. The van der Waals surface area contributed by atoms with Gasteiger partial charge in [0.1, 0.15) is 17.2 Å². The minimum Gasteiger partial charge on any atom is -0.476 e. The standard InChI is InChI=1S/C17H20FN3O3/c1-3-5-6-13(22)19-15-14(11-7-9-12(18)10-8-11)20-21(4-2)16(15)17(23)24/h7-10H,3-6H2,1-2H3,(H,19,22)(H,23,24). The van der Waals surface area contributed by atoms with Gasteiger partial charge in [-0.2, -0.15) is 5.10 Å². The maximum Gasteiger partial charge on any atom is 0.356 e. The van der Waals surface area contributed by atoms with Gasteiger partial charge in [0.25, 0.3) is 0 Å². The first-order valence-electron chi connectivity index (χ1n) is 7.87. The van der Waals surface area contributed by atoms with E-state index in [0.29, 0.717) is 30.6 Å². The van der Waals surface area contributed by atoms with Crippen molar-refractivity contribution >= 4 is 17.6 Å². The Morgan fingerprint density at radius 2 is 1.92 bits per heavy atom. The van der Waals surface area contributed by atoms with Crippen LogP contribution in [0.5, 0.6) is 0 Å². The van der Waals surface area contributed by atoms with Crippen molar-refractivity contribution in [1.82, 2.24) is 9.78 Å². The monoisotopic (exact) mass is 333 g/mol. The molecule has 0 aliphatic carbocycles. The average Bonchev–Trinajstić information content (AvgIpc) is 2.92. The average molecular weight is 333 g/mol. The molecule has 0 bridgehead atoms. The SMILES string of the molecule is CCCCC(=O)Nc1c(-c2ccc(F)cc2)nn(CC)c1C(=O)O. The Morgan fingerprint density at radius 3 is 2.46 bits per heavy atom. The van der Waals surface area contributed by atoms with Gasteiger partial charge in [-0.3, -0.25) is 9.48 Å². The molecule has 0 spiro atoms. The maximum absolute atomic E-state index is 13.1. The topological polar surface area (TPSA) is 84.2 Å². The van der Waals surface area contributed by atoms with Crippen LogP contribution in [0.1, 0.15) is 43.6 Å². The van der Waals surface area contributed by atoms with Crippen LogP contribution in [-0.2, 0) is 11.3 Å². The van der Waals surface area contributed by atoms with Crippen molar-refractivity contribution in [2.75, 3.05) is 5.32 Å². The van der Waals surface area contributed by atoms with E-state index in [-0.39, 0.29) is 17.3 Å². The Bertz CT molecular complexity index is 738. The van der Waals surface area contributed by atoms with Crippen molar-refractivity contribution in [1.29, 1.82) is 0 Å². The number of hydrogen-bond donors (Lipinski definition) is 2. The van der Waals surface area contributed by atoms with E-state index in [1.54, 1.807) is 6.92 Å². The van der Waals surface area contributed by atoms with E-state index in [1.165, 1.54) is 28.9 Å². The fourth-order valence-electron chi connectivity index (χ4n) is 2.38. The van der Waals surface area contributed by atoms with Gasteiger partial charge in [0.2, 0.25) is 5.91 Å². The summed E-state index contributed by atoms with van der Waals surface area (Å²) in [6, 6.07) is 5.54. The molecule has 0 aliphatic heterocycles. The van der Waals surface area contributed by atoms with Gasteiger partial charge < -0.3 is 10.4 Å². The Morgan fingerprint density at radius 1 is 1.25 bits per heavy atom. The molecule has 7 heteroatoms. The lowest BCUT2D eigenvalue weighted by Gasteiger charge is -2.07. The molecule has 128 valence electrons. The highest BCUT2D eigenvalue weighted by molar-refractivity contribution is 6.03. The number of nitrogens with one attached hydrogen (secondary N) is 1. The number of aromatic carboxylic acids is 1. The first-order chi connectivity index (χ1) is 11.5. The van der Waals surface area contributed by atoms with Crippen LogP contribution in [0.3, 0.4) is 0 Å². The third kappa shape index (κ3) is 3.79. The summed E-state index contributed by atoms with van der Waals surface area (Å²) >= 11 is 0. The van der Waals surface area contributed by atoms with Crippen LogP contribution >= 0.6 is 0 Å². The number of rotatable bonds is 7. The third-order valence-corrected chi connectivity index (χ3v) is 3.59. The zero-order valence-corrected chi connectivity index (χ0v) is 13.7. The number of benzene rings is 1. The highest BCUT2D eigenvalue weighted by Crippen LogP contribution is 2.31. The van der Waals surface area contributed by atoms with Crippen LogP contribution in [-0.4, -0.2) is 26.8 Å². The Labute approximate surface area is 139 Å². The lowest BCUT2D eigenvalue weighted by Crippen LogP contribution is -2.16. The van der Waals surface area contributed by atoms with Crippen LogP contribution in [0, 0.1) is 5.82 Å². The number of carbonyl (C=O) groups excluding carboxylic acids is 1. The van der Waals surface area contributed by atoms with E-state index >= 15 is 0 Å². The van der Waals surface area contributed by atoms with E-state index in [4.69, 9.17) is 0 Å². The predicted octanol–water partition coefficient (Wildman–Crippen LogP) is 3.54. The van der Waals surface area contributed by atoms with Crippen LogP contribution < -0.4 is 5.32 Å². The molecule has 24 heavy (non-hydrogen) atoms. The van der Waals surface area contributed by atoms with E-state index in [0.717, 1.165) is 6.42 Å². The minimum absolute atomic E-state index is 0.0818. The third-order valence-electron chi connectivity index (χ3n) is 3.59. The summed E-state index contributed by atoms with van der Waals surface area (Å²) in [5.41, 5.74) is 0.926. The normalized spacial score (nSPS) is 10.6. The van der Waals surface area contributed by atoms with Crippen molar-refractivity contribution in [2.24, 2.45) is 0 Å². The van der Waals surface area contributed by atoms with E-state index in [2.05, 4.69) is 10.4 Å². The predicted molar refractivity (Wildman–Crippen MR) is 88.4 cm³/mol. The second-order valence-corrected chi connectivity index (χ2v) is 5.35. The van der Waals surface area contributed by atoms with Gasteiger partial charge in [-0.15, -0.1) is 0 Å². The summed E-state index contributed by atoms with van der Waals surface area (Å²) in [6.45, 7) is 4.06. The highest BCUT2D eigenvalue weighted by Gasteiger charge is 2.25. The molecule has 0 aliphatic rings. The Kier molecular flexibility index (Phi) is 5.68. The molecule has 1 aromatic carbocycles. The molecule has 0 atom stereocenters. The van der Waals surface area contributed by atoms with Gasteiger partial charge in [0.05, 0.1) is 0 Å². The molecule has 1 heterocycles. The van der Waals surface area contributed by atoms with Crippen molar-refractivity contribution in [3.05, 3.63) is 35.8 Å². The molecular weight excluding hydrogens is 313 g/mol. The number of carboxylic acids is 1. The minimum atomic E-state index is -1.18. The van der Waals surface area contributed by atoms with Gasteiger partial charge in [-0.25, -0.2) is 9.18 Å². The van der Waals surface area contributed by atoms with Crippen LogP contribution in [0.4, 0.5) is 10.1 Å². The second-order valence-electron chi connectivity index (χ2n) is 5.35. The molecule has 2 N–H and O–H groups in total. The summed E-state index contributed by atoms with van der Waals surface area (Å²) in [5.74, 6) is -1.84.